The summed E-state index contributed by atoms with van der Waals surface area (Å²) in [5.74, 6) is 3.38. The van der Waals surface area contributed by atoms with Gasteiger partial charge in [0, 0.05) is 18.9 Å². The van der Waals surface area contributed by atoms with E-state index in [1.54, 1.807) is 6.92 Å². The predicted molar refractivity (Wildman–Crippen MR) is 121 cm³/mol. The van der Waals surface area contributed by atoms with Gasteiger partial charge < -0.3 is 25.2 Å². The maximum Gasteiger partial charge on any atom is 0.407 e. The van der Waals surface area contributed by atoms with Crippen LogP contribution in [0.15, 0.2) is 48.5 Å². The van der Waals surface area contributed by atoms with Crippen LogP contribution in [0.3, 0.4) is 0 Å². The number of rotatable bonds is 9. The van der Waals surface area contributed by atoms with Gasteiger partial charge in [0.15, 0.2) is 0 Å². The lowest BCUT2D eigenvalue weighted by atomic mass is 9.98. The monoisotopic (exact) mass is 450 g/mol. The van der Waals surface area contributed by atoms with Crippen molar-refractivity contribution < 1.29 is 29.3 Å². The van der Waals surface area contributed by atoms with E-state index in [9.17, 15) is 19.5 Å². The number of amides is 2. The van der Waals surface area contributed by atoms with Crippen molar-refractivity contribution in [2.45, 2.75) is 25.3 Å². The average molecular weight is 450 g/mol. The zero-order chi connectivity index (χ0) is 23.8. The number of nitrogens with one attached hydrogen (secondary N) is 1. The fraction of sp³-hybridized carbons (Fsp3) is 0.320. The van der Waals surface area contributed by atoms with Gasteiger partial charge in [-0.15, -0.1) is 11.8 Å². The number of alkyl carbamates (subject to hydrolysis) is 1. The van der Waals surface area contributed by atoms with Gasteiger partial charge in [-0.2, -0.15) is 0 Å². The van der Waals surface area contributed by atoms with Gasteiger partial charge in [-0.05, 0) is 29.2 Å². The number of aliphatic hydroxyl groups is 1. The Labute approximate surface area is 192 Å². The molecule has 0 saturated carbocycles. The Bertz CT molecular complexity index is 1040. The van der Waals surface area contributed by atoms with Gasteiger partial charge in [0.1, 0.15) is 19.2 Å². The number of carboxylic acids is 1. The van der Waals surface area contributed by atoms with Crippen LogP contribution in [0.25, 0.3) is 11.1 Å². The van der Waals surface area contributed by atoms with E-state index in [4.69, 9.17) is 9.84 Å². The average Bonchev–Trinajstić information content (AvgIpc) is 3.13. The lowest BCUT2D eigenvalue weighted by molar-refractivity contribution is -0.145. The summed E-state index contributed by atoms with van der Waals surface area (Å²) in [4.78, 5) is 37.4. The summed E-state index contributed by atoms with van der Waals surface area (Å²) in [7, 11) is 0. The molecule has 172 valence electrons. The summed E-state index contributed by atoms with van der Waals surface area (Å²) in [6.07, 6.45) is -0.812. The first kappa shape index (κ1) is 23.8. The highest BCUT2D eigenvalue weighted by atomic mass is 16.5. The fourth-order valence-electron chi connectivity index (χ4n) is 3.96. The van der Waals surface area contributed by atoms with E-state index in [1.165, 1.54) is 0 Å². The molecule has 0 fully saturated rings. The summed E-state index contributed by atoms with van der Waals surface area (Å²) in [6, 6.07) is 14.8. The van der Waals surface area contributed by atoms with Gasteiger partial charge >= 0.3 is 12.1 Å². The summed E-state index contributed by atoms with van der Waals surface area (Å²) in [5, 5.41) is 20.7. The highest BCUT2D eigenvalue weighted by molar-refractivity contribution is 5.88. The fourth-order valence-corrected chi connectivity index (χ4v) is 3.96. The van der Waals surface area contributed by atoms with Crippen LogP contribution in [0.5, 0.6) is 0 Å². The summed E-state index contributed by atoms with van der Waals surface area (Å²) >= 11 is 0. The van der Waals surface area contributed by atoms with Crippen LogP contribution in [0.1, 0.15) is 30.4 Å². The second kappa shape index (κ2) is 11.2. The number of nitrogens with zero attached hydrogens (tertiary/aromatic N) is 1. The zero-order valence-electron chi connectivity index (χ0n) is 18.3. The molecule has 1 aliphatic carbocycles. The topological polar surface area (TPSA) is 116 Å². The summed E-state index contributed by atoms with van der Waals surface area (Å²) in [6.45, 7) is 0.499. The third-order valence-corrected chi connectivity index (χ3v) is 5.42. The molecule has 2 aromatic rings. The predicted octanol–water partition coefficient (Wildman–Crippen LogP) is 2.21. The molecule has 0 aromatic heterocycles. The molecule has 8 heteroatoms. The normalized spacial score (nSPS) is 12.5. The molecule has 33 heavy (non-hydrogen) atoms. The Kier molecular flexibility index (Phi) is 8.06. The molecule has 1 aliphatic rings. The first-order valence-corrected chi connectivity index (χ1v) is 10.6. The number of carboxylic acid groups (broad SMARTS) is 1. The standard InChI is InChI=1S/C25H26N2O6/c1-2-3-12-22(24(31)27(13-14-28)15-23(29)30)26-25(32)33-16-21-19-10-6-4-8-17(19)18-9-5-7-11-20(18)21/h4-11,21-22,28H,12-16H2,1H3,(H,26,32)(H,29,30). The third-order valence-electron chi connectivity index (χ3n) is 5.42. The van der Waals surface area contributed by atoms with Crippen molar-refractivity contribution in [1.29, 1.82) is 0 Å². The summed E-state index contributed by atoms with van der Waals surface area (Å²) < 4.78 is 5.49. The quantitative estimate of drug-likeness (QED) is 0.505. The molecule has 2 aromatic carbocycles. The number of hydrogen-bond acceptors (Lipinski definition) is 5. The van der Waals surface area contributed by atoms with Gasteiger partial charge in [0.2, 0.25) is 5.91 Å². The van der Waals surface area contributed by atoms with E-state index in [0.29, 0.717) is 0 Å². The number of aliphatic carboxylic acids is 1. The Morgan fingerprint density at radius 3 is 2.24 bits per heavy atom. The van der Waals surface area contributed by atoms with Crippen molar-refractivity contribution in [3.8, 4) is 23.0 Å². The number of benzene rings is 2. The van der Waals surface area contributed by atoms with Crippen LogP contribution in [-0.4, -0.2) is 65.4 Å². The number of hydrogen-bond donors (Lipinski definition) is 3. The van der Waals surface area contributed by atoms with Crippen molar-refractivity contribution >= 4 is 18.0 Å². The molecule has 8 nitrogen and oxygen atoms in total. The van der Waals surface area contributed by atoms with Crippen LogP contribution in [-0.2, 0) is 14.3 Å². The Balaban J connectivity index is 1.70. The minimum Gasteiger partial charge on any atom is -0.480 e. The third kappa shape index (κ3) is 5.70. The molecule has 0 spiro atoms. The van der Waals surface area contributed by atoms with Crippen molar-refractivity contribution in [1.82, 2.24) is 10.2 Å². The molecule has 2 amide bonds. The van der Waals surface area contributed by atoms with E-state index in [-0.39, 0.29) is 25.5 Å². The van der Waals surface area contributed by atoms with E-state index in [2.05, 4.69) is 17.2 Å². The van der Waals surface area contributed by atoms with Crippen molar-refractivity contribution in [3.05, 3.63) is 59.7 Å². The zero-order valence-corrected chi connectivity index (χ0v) is 18.3. The number of carbonyl (C=O) groups excluding carboxylic acids is 2. The van der Waals surface area contributed by atoms with E-state index in [0.717, 1.165) is 27.2 Å². The molecule has 0 radical (unpaired) electrons. The lowest BCUT2D eigenvalue weighted by Crippen LogP contribution is -2.50. The second-order valence-electron chi connectivity index (χ2n) is 7.53. The summed E-state index contributed by atoms with van der Waals surface area (Å²) in [5.41, 5.74) is 4.32. The van der Waals surface area contributed by atoms with Gasteiger partial charge in [0.05, 0.1) is 6.61 Å². The van der Waals surface area contributed by atoms with Crippen molar-refractivity contribution in [2.75, 3.05) is 26.3 Å². The van der Waals surface area contributed by atoms with Crippen LogP contribution >= 0.6 is 0 Å². The van der Waals surface area contributed by atoms with Gasteiger partial charge in [0.25, 0.3) is 0 Å². The minimum absolute atomic E-state index is 0.0128. The van der Waals surface area contributed by atoms with E-state index >= 15 is 0 Å². The van der Waals surface area contributed by atoms with Gasteiger partial charge in [-0.1, -0.05) is 48.5 Å². The Hall–Kier alpha value is -3.83. The molecule has 0 bridgehead atoms. The first-order valence-electron chi connectivity index (χ1n) is 10.6. The smallest absolute Gasteiger partial charge is 0.407 e. The largest absolute Gasteiger partial charge is 0.480 e. The highest BCUT2D eigenvalue weighted by Crippen LogP contribution is 2.44. The Morgan fingerprint density at radius 1 is 1.09 bits per heavy atom. The maximum absolute atomic E-state index is 12.8. The van der Waals surface area contributed by atoms with Crippen molar-refractivity contribution in [2.24, 2.45) is 0 Å². The molecule has 3 rings (SSSR count). The maximum atomic E-state index is 12.8. The SMILES string of the molecule is CC#CCC(NC(=O)OCC1c2ccccc2-c2ccccc21)C(=O)N(CCO)CC(=O)O. The highest BCUT2D eigenvalue weighted by Gasteiger charge is 2.30. The molecule has 1 atom stereocenters. The number of fused-ring (bicyclic) bond motifs is 3. The second-order valence-corrected chi connectivity index (χ2v) is 7.53. The van der Waals surface area contributed by atoms with Crippen LogP contribution in [0.2, 0.25) is 0 Å². The molecular formula is C25H26N2O6. The first-order chi connectivity index (χ1) is 16.0. The lowest BCUT2D eigenvalue weighted by Gasteiger charge is -2.25. The van der Waals surface area contributed by atoms with Crippen LogP contribution < -0.4 is 5.32 Å². The molecule has 0 aliphatic heterocycles. The van der Waals surface area contributed by atoms with Crippen molar-refractivity contribution in [3.63, 3.8) is 0 Å². The van der Waals surface area contributed by atoms with Crippen LogP contribution in [0.4, 0.5) is 4.79 Å². The molecule has 0 saturated heterocycles. The molecule has 0 heterocycles. The molecular weight excluding hydrogens is 424 g/mol. The van der Waals surface area contributed by atoms with E-state index < -0.39 is 37.2 Å². The van der Waals surface area contributed by atoms with Gasteiger partial charge in [-0.3, -0.25) is 9.59 Å². The van der Waals surface area contributed by atoms with E-state index in [1.807, 2.05) is 48.5 Å². The molecule has 1 unspecified atom stereocenters. The number of ether oxygens (including phenoxy) is 1. The Morgan fingerprint density at radius 2 is 1.70 bits per heavy atom. The molecule has 3 N–H and O–H groups in total. The number of carbonyl (C=O) groups is 3. The minimum atomic E-state index is -1.22. The van der Waals surface area contributed by atoms with Crippen LogP contribution in [0, 0.1) is 11.8 Å². The van der Waals surface area contributed by atoms with Gasteiger partial charge in [-0.25, -0.2) is 4.79 Å². The number of aliphatic hydroxyl groups excluding tert-OH is 1.